The first kappa shape index (κ1) is 16.2. The number of fused-ring (bicyclic) bond motifs is 1. The van der Waals surface area contributed by atoms with Crippen molar-refractivity contribution in [1.29, 1.82) is 0 Å². The molecule has 2 aromatic carbocycles. The van der Waals surface area contributed by atoms with Crippen molar-refractivity contribution in [2.45, 2.75) is 36.6 Å². The Hall–Kier alpha value is -2.33. The van der Waals surface area contributed by atoms with E-state index in [-0.39, 0.29) is 5.69 Å². The van der Waals surface area contributed by atoms with E-state index in [9.17, 15) is 4.79 Å². The summed E-state index contributed by atoms with van der Waals surface area (Å²) < 4.78 is 1.87. The summed E-state index contributed by atoms with van der Waals surface area (Å²) in [5.74, 6) is 0.850. The van der Waals surface area contributed by atoms with Gasteiger partial charge in [0.25, 0.3) is 0 Å². The highest BCUT2D eigenvalue weighted by atomic mass is 32.2. The van der Waals surface area contributed by atoms with Crippen molar-refractivity contribution >= 4 is 11.8 Å². The van der Waals surface area contributed by atoms with Gasteiger partial charge in [0.15, 0.2) is 0 Å². The Morgan fingerprint density at radius 2 is 1.60 bits per heavy atom. The Morgan fingerprint density at radius 3 is 2.32 bits per heavy atom. The van der Waals surface area contributed by atoms with Gasteiger partial charge in [-0.25, -0.2) is 4.79 Å². The molecule has 0 saturated carbocycles. The molecule has 0 radical (unpaired) electrons. The van der Waals surface area contributed by atoms with Gasteiger partial charge in [0.05, 0.1) is 6.54 Å². The first-order chi connectivity index (χ1) is 12.3. The lowest BCUT2D eigenvalue weighted by Gasteiger charge is -2.14. The zero-order valence-corrected chi connectivity index (χ0v) is 14.8. The van der Waals surface area contributed by atoms with Gasteiger partial charge in [0, 0.05) is 17.0 Å². The van der Waals surface area contributed by atoms with Crippen molar-refractivity contribution in [3.63, 3.8) is 0 Å². The van der Waals surface area contributed by atoms with Gasteiger partial charge in [-0.05, 0) is 30.4 Å². The lowest BCUT2D eigenvalue weighted by atomic mass is 10.2. The molecule has 25 heavy (non-hydrogen) atoms. The number of thioether (sulfide) groups is 1. The van der Waals surface area contributed by atoms with Crippen LogP contribution in [-0.4, -0.2) is 9.55 Å². The normalized spacial score (nSPS) is 13.0. The minimum atomic E-state index is -0.125. The summed E-state index contributed by atoms with van der Waals surface area (Å²) >= 11 is 1.68. The van der Waals surface area contributed by atoms with Crippen LogP contribution < -0.4 is 5.69 Å². The Labute approximate surface area is 151 Å². The van der Waals surface area contributed by atoms with E-state index in [1.54, 1.807) is 11.8 Å². The smallest absolute Gasteiger partial charge is 0.292 e. The summed E-state index contributed by atoms with van der Waals surface area (Å²) in [6, 6.07) is 20.5. The number of aromatic nitrogens is 2. The fourth-order valence-corrected chi connectivity index (χ4v) is 4.39. The van der Waals surface area contributed by atoms with Crippen molar-refractivity contribution in [3.05, 3.63) is 93.5 Å². The van der Waals surface area contributed by atoms with Crippen molar-refractivity contribution in [3.8, 4) is 0 Å². The molecule has 3 aromatic rings. The molecular weight excluding hydrogens is 328 g/mol. The number of benzene rings is 2. The molecule has 0 amide bonds. The van der Waals surface area contributed by atoms with Crippen LogP contribution in [0.5, 0.6) is 0 Å². The van der Waals surface area contributed by atoms with Crippen LogP contribution in [0.2, 0.25) is 0 Å². The molecule has 4 rings (SSSR count). The average Bonchev–Trinajstić information content (AvgIpc) is 3.14. The van der Waals surface area contributed by atoms with Crippen molar-refractivity contribution < 1.29 is 0 Å². The summed E-state index contributed by atoms with van der Waals surface area (Å²) in [5, 5.41) is 0.922. The van der Waals surface area contributed by atoms with Crippen LogP contribution in [0.3, 0.4) is 0 Å². The maximum atomic E-state index is 12.7. The molecule has 126 valence electrons. The molecule has 1 aliphatic rings. The van der Waals surface area contributed by atoms with E-state index in [0.29, 0.717) is 6.54 Å². The molecular formula is C21H20N2OS. The van der Waals surface area contributed by atoms with Gasteiger partial charge in [0.1, 0.15) is 5.03 Å². The summed E-state index contributed by atoms with van der Waals surface area (Å²) in [4.78, 5) is 17.1. The van der Waals surface area contributed by atoms with Crippen molar-refractivity contribution in [2.24, 2.45) is 0 Å². The van der Waals surface area contributed by atoms with Gasteiger partial charge < -0.3 is 0 Å². The van der Waals surface area contributed by atoms with Crippen LogP contribution in [0.25, 0.3) is 0 Å². The van der Waals surface area contributed by atoms with Gasteiger partial charge in [-0.15, -0.1) is 11.8 Å². The van der Waals surface area contributed by atoms with Crippen LogP contribution in [0.15, 0.2) is 70.5 Å². The molecule has 1 heterocycles. The highest BCUT2D eigenvalue weighted by molar-refractivity contribution is 7.98. The molecule has 0 bridgehead atoms. The van der Waals surface area contributed by atoms with Crippen LogP contribution >= 0.6 is 11.8 Å². The summed E-state index contributed by atoms with van der Waals surface area (Å²) in [6.45, 7) is 0.610. The maximum absolute atomic E-state index is 12.7. The minimum Gasteiger partial charge on any atom is -0.292 e. The van der Waals surface area contributed by atoms with E-state index >= 15 is 0 Å². The molecule has 0 fully saturated rings. The van der Waals surface area contributed by atoms with Gasteiger partial charge in [-0.3, -0.25) is 4.57 Å². The SMILES string of the molecule is O=c1nc(SCc2ccccc2)c2c(n1Cc1ccccc1)CCC2. The third-order valence-electron chi connectivity index (χ3n) is 4.60. The molecule has 0 aliphatic heterocycles. The zero-order chi connectivity index (χ0) is 17.1. The van der Waals surface area contributed by atoms with Gasteiger partial charge in [-0.2, -0.15) is 4.98 Å². The fourth-order valence-electron chi connectivity index (χ4n) is 3.36. The predicted molar refractivity (Wildman–Crippen MR) is 102 cm³/mol. The summed E-state index contributed by atoms with van der Waals surface area (Å²) in [7, 11) is 0. The quantitative estimate of drug-likeness (QED) is 0.515. The van der Waals surface area contributed by atoms with E-state index in [4.69, 9.17) is 0 Å². The third-order valence-corrected chi connectivity index (χ3v) is 5.69. The van der Waals surface area contributed by atoms with E-state index in [2.05, 4.69) is 29.2 Å². The Bertz CT molecular complexity index is 920. The monoisotopic (exact) mass is 348 g/mol. The highest BCUT2D eigenvalue weighted by Gasteiger charge is 2.22. The Kier molecular flexibility index (Phi) is 4.70. The number of nitrogens with zero attached hydrogens (tertiary/aromatic N) is 2. The summed E-state index contributed by atoms with van der Waals surface area (Å²) in [6.07, 6.45) is 3.10. The lowest BCUT2D eigenvalue weighted by Crippen LogP contribution is -2.27. The fraction of sp³-hybridized carbons (Fsp3) is 0.238. The third kappa shape index (κ3) is 3.54. The standard InChI is InChI=1S/C21H20N2OS/c24-21-22-20(25-15-17-10-5-2-6-11-17)18-12-7-13-19(18)23(21)14-16-8-3-1-4-9-16/h1-6,8-11H,7,12-15H2. The second kappa shape index (κ2) is 7.28. The average molecular weight is 348 g/mol. The first-order valence-electron chi connectivity index (χ1n) is 8.64. The predicted octanol–water partition coefficient (Wildman–Crippen LogP) is 4.07. The first-order valence-corrected chi connectivity index (χ1v) is 9.63. The molecule has 0 spiro atoms. The number of hydrogen-bond acceptors (Lipinski definition) is 3. The molecule has 0 saturated heterocycles. The second-order valence-electron chi connectivity index (χ2n) is 6.32. The topological polar surface area (TPSA) is 34.9 Å². The van der Waals surface area contributed by atoms with Crippen LogP contribution in [0.4, 0.5) is 0 Å². The number of rotatable bonds is 5. The number of hydrogen-bond donors (Lipinski definition) is 0. The summed E-state index contributed by atoms with van der Waals surface area (Å²) in [5.41, 5.74) is 4.73. The largest absolute Gasteiger partial charge is 0.349 e. The van der Waals surface area contributed by atoms with Crippen LogP contribution in [0.1, 0.15) is 28.8 Å². The van der Waals surface area contributed by atoms with Gasteiger partial charge in [0.2, 0.25) is 0 Å². The van der Waals surface area contributed by atoms with Gasteiger partial charge in [-0.1, -0.05) is 60.7 Å². The van der Waals surface area contributed by atoms with E-state index in [1.807, 2.05) is 41.0 Å². The molecule has 0 unspecified atom stereocenters. The van der Waals surface area contributed by atoms with Crippen molar-refractivity contribution in [2.75, 3.05) is 0 Å². The molecule has 0 N–H and O–H groups in total. The Morgan fingerprint density at radius 1 is 0.920 bits per heavy atom. The maximum Gasteiger partial charge on any atom is 0.349 e. The molecule has 0 atom stereocenters. The molecule has 3 nitrogen and oxygen atoms in total. The Balaban J connectivity index is 1.63. The molecule has 1 aromatic heterocycles. The molecule has 4 heteroatoms. The lowest BCUT2D eigenvalue weighted by molar-refractivity contribution is 0.667. The molecule has 1 aliphatic carbocycles. The minimum absolute atomic E-state index is 0.125. The zero-order valence-electron chi connectivity index (χ0n) is 14.0. The van der Waals surface area contributed by atoms with E-state index < -0.39 is 0 Å². The van der Waals surface area contributed by atoms with Crippen LogP contribution in [0, 0.1) is 0 Å². The van der Waals surface area contributed by atoms with E-state index in [1.165, 1.54) is 16.8 Å². The van der Waals surface area contributed by atoms with Gasteiger partial charge >= 0.3 is 5.69 Å². The highest BCUT2D eigenvalue weighted by Crippen LogP contribution is 2.31. The van der Waals surface area contributed by atoms with Crippen molar-refractivity contribution in [1.82, 2.24) is 9.55 Å². The van der Waals surface area contributed by atoms with Crippen LogP contribution in [-0.2, 0) is 25.1 Å². The second-order valence-corrected chi connectivity index (χ2v) is 7.29. The van der Waals surface area contributed by atoms with E-state index in [0.717, 1.165) is 35.6 Å².